The van der Waals surface area contributed by atoms with Gasteiger partial charge in [0.1, 0.15) is 0 Å². The summed E-state index contributed by atoms with van der Waals surface area (Å²) in [5, 5.41) is 3.25. The molecule has 1 heterocycles. The minimum atomic E-state index is 0.864. The lowest BCUT2D eigenvalue weighted by atomic mass is 10.1. The van der Waals surface area contributed by atoms with Crippen LogP contribution in [0, 0.1) is 0 Å². The molecule has 0 bridgehead atoms. The van der Waals surface area contributed by atoms with Crippen LogP contribution in [0.1, 0.15) is 46.5 Å². The van der Waals surface area contributed by atoms with E-state index in [9.17, 15) is 0 Å². The highest BCUT2D eigenvalue weighted by atomic mass is 14.9. The molecule has 1 aliphatic rings. The third kappa shape index (κ3) is 5.59. The Morgan fingerprint density at radius 1 is 1.50 bits per heavy atom. The average molecular weight is 223 g/mol. The number of hydrogen-bond acceptors (Lipinski definition) is 3. The van der Waals surface area contributed by atoms with E-state index in [1.165, 1.54) is 0 Å². The summed E-state index contributed by atoms with van der Waals surface area (Å²) in [5.74, 6) is 0. The van der Waals surface area contributed by atoms with Gasteiger partial charge in [-0.15, -0.1) is 0 Å². The zero-order valence-electron chi connectivity index (χ0n) is 10.8. The van der Waals surface area contributed by atoms with Gasteiger partial charge in [-0.1, -0.05) is 27.4 Å². The van der Waals surface area contributed by atoms with E-state index in [0.717, 1.165) is 49.3 Å². The van der Waals surface area contributed by atoms with E-state index >= 15 is 0 Å². The van der Waals surface area contributed by atoms with Crippen molar-refractivity contribution in [1.29, 1.82) is 0 Å². The minimum Gasteiger partial charge on any atom is -0.401 e. The van der Waals surface area contributed by atoms with Crippen LogP contribution in [0.4, 0.5) is 0 Å². The van der Waals surface area contributed by atoms with Gasteiger partial charge in [-0.2, -0.15) is 0 Å². The van der Waals surface area contributed by atoms with Crippen molar-refractivity contribution in [3.05, 3.63) is 24.2 Å². The third-order valence-electron chi connectivity index (χ3n) is 2.20. The molecule has 0 radical (unpaired) electrons. The molecule has 0 saturated carbocycles. The molecular formula is C13H25N3. The van der Waals surface area contributed by atoms with Crippen LogP contribution < -0.4 is 11.1 Å². The lowest BCUT2D eigenvalue weighted by Crippen LogP contribution is -2.20. The quantitative estimate of drug-likeness (QED) is 0.770. The molecule has 0 aliphatic carbocycles. The fourth-order valence-electron chi connectivity index (χ4n) is 1.36. The van der Waals surface area contributed by atoms with E-state index in [2.05, 4.69) is 23.8 Å². The van der Waals surface area contributed by atoms with Crippen molar-refractivity contribution in [3.8, 4) is 0 Å². The van der Waals surface area contributed by atoms with E-state index in [0.29, 0.717) is 0 Å². The minimum absolute atomic E-state index is 0.864. The van der Waals surface area contributed by atoms with Gasteiger partial charge in [0.25, 0.3) is 0 Å². The summed E-state index contributed by atoms with van der Waals surface area (Å²) in [7, 11) is 0. The molecule has 3 heteroatoms. The third-order valence-corrected chi connectivity index (χ3v) is 2.20. The Balaban J connectivity index is 0.00000106. The first-order chi connectivity index (χ1) is 7.74. The van der Waals surface area contributed by atoms with Crippen LogP contribution in [0.3, 0.4) is 0 Å². The zero-order chi connectivity index (χ0) is 12.4. The predicted molar refractivity (Wildman–Crippen MR) is 72.3 cm³/mol. The van der Waals surface area contributed by atoms with E-state index in [4.69, 9.17) is 5.73 Å². The number of rotatable bonds is 4. The fraction of sp³-hybridized carbons (Fsp3) is 0.615. The van der Waals surface area contributed by atoms with Gasteiger partial charge >= 0.3 is 0 Å². The molecule has 0 atom stereocenters. The van der Waals surface area contributed by atoms with Gasteiger partial charge in [-0.3, -0.25) is 4.99 Å². The second kappa shape index (κ2) is 9.01. The molecule has 0 aromatic rings. The Bertz CT molecular complexity index is 264. The van der Waals surface area contributed by atoms with Gasteiger partial charge in [0.2, 0.25) is 0 Å². The maximum absolute atomic E-state index is 5.70. The Labute approximate surface area is 99.5 Å². The molecule has 0 aromatic heterocycles. The molecule has 1 rings (SSSR count). The number of nitrogens with one attached hydrogen (secondary N) is 1. The zero-order valence-corrected chi connectivity index (χ0v) is 10.8. The van der Waals surface area contributed by atoms with Crippen LogP contribution in [0.25, 0.3) is 0 Å². The average Bonchev–Trinajstić information content (AvgIpc) is 2.53. The summed E-state index contributed by atoms with van der Waals surface area (Å²) < 4.78 is 0. The lowest BCUT2D eigenvalue weighted by Gasteiger charge is -2.09. The molecule has 0 amide bonds. The monoisotopic (exact) mass is 223 g/mol. The second-order valence-electron chi connectivity index (χ2n) is 3.54. The van der Waals surface area contributed by atoms with Gasteiger partial charge in [0, 0.05) is 24.1 Å². The summed E-state index contributed by atoms with van der Waals surface area (Å²) in [6.45, 7) is 11.1. The number of hydrogen-bond donors (Lipinski definition) is 2. The van der Waals surface area contributed by atoms with Crippen molar-refractivity contribution in [2.45, 2.75) is 46.5 Å². The van der Waals surface area contributed by atoms with Gasteiger partial charge in [-0.25, -0.2) is 0 Å². The van der Waals surface area contributed by atoms with E-state index < -0.39 is 0 Å². The molecule has 0 saturated heterocycles. The topological polar surface area (TPSA) is 50.4 Å². The summed E-state index contributed by atoms with van der Waals surface area (Å²) in [6, 6.07) is 0. The van der Waals surface area contributed by atoms with Crippen molar-refractivity contribution in [2.24, 2.45) is 10.7 Å². The molecule has 3 N–H and O–H groups in total. The highest BCUT2D eigenvalue weighted by molar-refractivity contribution is 5.99. The summed E-state index contributed by atoms with van der Waals surface area (Å²) in [5.41, 5.74) is 8.55. The molecule has 0 unspecified atom stereocenters. The molecular weight excluding hydrogens is 198 g/mol. The maximum atomic E-state index is 5.70. The number of nitrogens with two attached hydrogens (primary N) is 1. The van der Waals surface area contributed by atoms with Crippen molar-refractivity contribution >= 4 is 5.71 Å². The van der Waals surface area contributed by atoms with Gasteiger partial charge < -0.3 is 11.1 Å². The van der Waals surface area contributed by atoms with Crippen molar-refractivity contribution in [3.63, 3.8) is 0 Å². The Kier molecular flexibility index (Phi) is 8.31. The van der Waals surface area contributed by atoms with Gasteiger partial charge in [0.05, 0.1) is 5.71 Å². The van der Waals surface area contributed by atoms with Crippen LogP contribution in [0.15, 0.2) is 29.2 Å². The largest absolute Gasteiger partial charge is 0.401 e. The van der Waals surface area contributed by atoms with Crippen molar-refractivity contribution < 1.29 is 0 Å². The smallest absolute Gasteiger partial charge is 0.0629 e. The van der Waals surface area contributed by atoms with Crippen LogP contribution in [-0.4, -0.2) is 12.3 Å². The SMILES string of the molecule is C=C(NCCC)C1=NC=C(N)CCC1.CC. The first-order valence-electron chi connectivity index (χ1n) is 6.18. The molecule has 92 valence electrons. The molecule has 0 fully saturated rings. The normalized spacial score (nSPS) is 14.9. The maximum Gasteiger partial charge on any atom is 0.0629 e. The highest BCUT2D eigenvalue weighted by Gasteiger charge is 2.06. The summed E-state index contributed by atoms with van der Waals surface area (Å²) in [6.07, 6.45) is 5.82. The molecule has 16 heavy (non-hydrogen) atoms. The van der Waals surface area contributed by atoms with E-state index in [1.807, 2.05) is 13.8 Å². The summed E-state index contributed by atoms with van der Waals surface area (Å²) in [4.78, 5) is 4.32. The molecule has 3 nitrogen and oxygen atoms in total. The van der Waals surface area contributed by atoms with Gasteiger partial charge in [0.15, 0.2) is 0 Å². The van der Waals surface area contributed by atoms with Crippen molar-refractivity contribution in [1.82, 2.24) is 5.32 Å². The van der Waals surface area contributed by atoms with E-state index in [1.54, 1.807) is 6.20 Å². The van der Waals surface area contributed by atoms with Crippen LogP contribution in [-0.2, 0) is 0 Å². The Morgan fingerprint density at radius 3 is 2.81 bits per heavy atom. The summed E-state index contributed by atoms with van der Waals surface area (Å²) >= 11 is 0. The van der Waals surface area contributed by atoms with Crippen LogP contribution in [0.2, 0.25) is 0 Å². The fourth-order valence-corrected chi connectivity index (χ4v) is 1.36. The molecule has 0 aromatic carbocycles. The lowest BCUT2D eigenvalue weighted by molar-refractivity contribution is 0.784. The predicted octanol–water partition coefficient (Wildman–Crippen LogP) is 2.95. The van der Waals surface area contributed by atoms with E-state index in [-0.39, 0.29) is 0 Å². The second-order valence-corrected chi connectivity index (χ2v) is 3.54. The van der Waals surface area contributed by atoms with Crippen LogP contribution >= 0.6 is 0 Å². The molecule has 1 aliphatic heterocycles. The number of allylic oxidation sites excluding steroid dienone is 2. The van der Waals surface area contributed by atoms with Crippen LogP contribution in [0.5, 0.6) is 0 Å². The highest BCUT2D eigenvalue weighted by Crippen LogP contribution is 2.11. The first kappa shape index (κ1) is 14.8. The number of nitrogens with zero attached hydrogens (tertiary/aromatic N) is 1. The number of aliphatic imine (C=N–C) groups is 1. The first-order valence-corrected chi connectivity index (χ1v) is 6.18. The standard InChI is InChI=1S/C11H19N3.C2H6/c1-3-7-13-9(2)11-6-4-5-10(12)8-14-11;1-2/h8,13H,2-7,12H2,1H3;1-2H3. The molecule has 0 spiro atoms. The Hall–Kier alpha value is -1.25. The Morgan fingerprint density at radius 2 is 2.19 bits per heavy atom. The van der Waals surface area contributed by atoms with Crippen molar-refractivity contribution in [2.75, 3.05) is 6.54 Å². The van der Waals surface area contributed by atoms with Gasteiger partial charge in [-0.05, 0) is 25.7 Å².